The zero-order valence-electron chi connectivity index (χ0n) is 16.8. The molecule has 4 nitrogen and oxygen atoms in total. The van der Waals surface area contributed by atoms with Gasteiger partial charge in [0.15, 0.2) is 0 Å². The van der Waals surface area contributed by atoms with Gasteiger partial charge in [-0.2, -0.15) is 0 Å². The average molecular weight is 360 g/mol. The van der Waals surface area contributed by atoms with Crippen molar-refractivity contribution in [1.82, 2.24) is 4.90 Å². The van der Waals surface area contributed by atoms with Crippen molar-refractivity contribution >= 4 is 8.80 Å². The van der Waals surface area contributed by atoms with Crippen LogP contribution >= 0.6 is 0 Å². The van der Waals surface area contributed by atoms with Crippen molar-refractivity contribution in [3.05, 3.63) is 0 Å². The molecule has 0 spiro atoms. The van der Waals surface area contributed by atoms with Crippen molar-refractivity contribution in [2.75, 3.05) is 34.4 Å². The van der Waals surface area contributed by atoms with Gasteiger partial charge in [-0.15, -0.1) is 0 Å². The molecule has 2 atom stereocenters. The first-order chi connectivity index (χ1) is 11.7. The molecule has 0 aromatic carbocycles. The summed E-state index contributed by atoms with van der Waals surface area (Å²) >= 11 is 0. The molecular formula is C19H41NO3Si. The molecule has 0 N–H and O–H groups in total. The molecule has 1 heterocycles. The van der Waals surface area contributed by atoms with E-state index < -0.39 is 8.80 Å². The second-order valence-corrected chi connectivity index (χ2v) is 10.3. The Balaban J connectivity index is 2.61. The topological polar surface area (TPSA) is 30.9 Å². The monoisotopic (exact) mass is 359 g/mol. The highest BCUT2D eigenvalue weighted by atomic mass is 28.4. The summed E-state index contributed by atoms with van der Waals surface area (Å²) in [5.74, 6) is 0. The Hall–Kier alpha value is 0.0569. The maximum atomic E-state index is 5.85. The number of hydrogen-bond donors (Lipinski definition) is 0. The van der Waals surface area contributed by atoms with Crippen LogP contribution in [0.25, 0.3) is 0 Å². The van der Waals surface area contributed by atoms with E-state index >= 15 is 0 Å². The lowest BCUT2D eigenvalue weighted by Gasteiger charge is -2.39. The second-order valence-electron chi connectivity index (χ2n) is 7.12. The van der Waals surface area contributed by atoms with Crippen LogP contribution in [0, 0.1) is 0 Å². The van der Waals surface area contributed by atoms with Gasteiger partial charge in [0, 0.05) is 32.9 Å². The highest BCUT2D eigenvalue weighted by molar-refractivity contribution is 6.62. The average Bonchev–Trinajstić information content (AvgIpc) is 3.07. The van der Waals surface area contributed by atoms with E-state index in [1.54, 1.807) is 21.3 Å². The van der Waals surface area contributed by atoms with E-state index in [2.05, 4.69) is 18.7 Å². The molecule has 0 radical (unpaired) electrons. The van der Waals surface area contributed by atoms with E-state index in [1.807, 2.05) is 0 Å². The van der Waals surface area contributed by atoms with Crippen LogP contribution in [0.2, 0.25) is 5.54 Å². The van der Waals surface area contributed by atoms with E-state index in [-0.39, 0.29) is 0 Å². The molecule has 1 aliphatic rings. The van der Waals surface area contributed by atoms with Crippen molar-refractivity contribution < 1.29 is 13.3 Å². The zero-order valence-corrected chi connectivity index (χ0v) is 17.8. The molecule has 0 aromatic rings. The maximum Gasteiger partial charge on any atom is 0.505 e. The van der Waals surface area contributed by atoms with Gasteiger partial charge in [-0.1, -0.05) is 52.4 Å². The molecule has 0 bridgehead atoms. The maximum absolute atomic E-state index is 5.85. The Morgan fingerprint density at radius 2 is 1.54 bits per heavy atom. The third kappa shape index (κ3) is 6.10. The SMILES string of the molecule is CCCCCCCCN1CCCC1C(CCC)[Si](OC)(OC)OC. The normalized spacial score (nSPS) is 20.6. The summed E-state index contributed by atoms with van der Waals surface area (Å²) in [6.45, 7) is 6.97. The molecule has 144 valence electrons. The van der Waals surface area contributed by atoms with Gasteiger partial charge in [-0.25, -0.2) is 0 Å². The van der Waals surface area contributed by atoms with Crippen molar-refractivity contribution in [3.63, 3.8) is 0 Å². The first kappa shape index (κ1) is 22.1. The lowest BCUT2D eigenvalue weighted by molar-refractivity contribution is 0.0896. The minimum absolute atomic E-state index is 0.394. The number of hydrogen-bond acceptors (Lipinski definition) is 4. The van der Waals surface area contributed by atoms with Gasteiger partial charge in [-0.3, -0.25) is 0 Å². The summed E-state index contributed by atoms with van der Waals surface area (Å²) in [7, 11) is 2.70. The predicted molar refractivity (Wildman–Crippen MR) is 103 cm³/mol. The van der Waals surface area contributed by atoms with E-state index in [0.29, 0.717) is 11.6 Å². The van der Waals surface area contributed by atoms with Gasteiger partial charge in [-0.05, 0) is 38.8 Å². The second kappa shape index (κ2) is 12.4. The lowest BCUT2D eigenvalue weighted by Crippen LogP contribution is -2.54. The van der Waals surface area contributed by atoms with Gasteiger partial charge in [0.25, 0.3) is 0 Å². The predicted octanol–water partition coefficient (Wildman–Crippen LogP) is 4.86. The number of likely N-dealkylation sites (tertiary alicyclic amines) is 1. The van der Waals surface area contributed by atoms with E-state index in [9.17, 15) is 0 Å². The molecule has 5 heteroatoms. The summed E-state index contributed by atoms with van der Waals surface area (Å²) in [6.07, 6.45) is 13.0. The lowest BCUT2D eigenvalue weighted by atomic mass is 10.1. The van der Waals surface area contributed by atoms with Gasteiger partial charge >= 0.3 is 8.80 Å². The van der Waals surface area contributed by atoms with Crippen LogP contribution in [0.15, 0.2) is 0 Å². The van der Waals surface area contributed by atoms with E-state index in [0.717, 1.165) is 12.8 Å². The van der Waals surface area contributed by atoms with Crippen molar-refractivity contribution in [1.29, 1.82) is 0 Å². The highest BCUT2D eigenvalue weighted by Gasteiger charge is 2.52. The van der Waals surface area contributed by atoms with Gasteiger partial charge in [0.05, 0.1) is 0 Å². The molecule has 24 heavy (non-hydrogen) atoms. The minimum atomic E-state index is -2.58. The van der Waals surface area contributed by atoms with Crippen LogP contribution in [0.4, 0.5) is 0 Å². The summed E-state index contributed by atoms with van der Waals surface area (Å²) in [4.78, 5) is 2.69. The molecule has 0 saturated carbocycles. The van der Waals surface area contributed by atoms with Crippen LogP contribution in [-0.2, 0) is 13.3 Å². The molecule has 0 aliphatic carbocycles. The molecule has 1 aliphatic heterocycles. The molecule has 0 aromatic heterocycles. The van der Waals surface area contributed by atoms with Crippen LogP contribution < -0.4 is 0 Å². The fourth-order valence-corrected chi connectivity index (χ4v) is 7.20. The molecule has 1 fully saturated rings. The van der Waals surface area contributed by atoms with E-state index in [1.165, 1.54) is 64.5 Å². The fraction of sp³-hybridized carbons (Fsp3) is 1.00. The Bertz CT molecular complexity index is 305. The van der Waals surface area contributed by atoms with Gasteiger partial charge in [0.2, 0.25) is 0 Å². The Morgan fingerprint density at radius 3 is 2.12 bits per heavy atom. The Kier molecular flexibility index (Phi) is 11.4. The number of nitrogens with zero attached hydrogens (tertiary/aromatic N) is 1. The summed E-state index contributed by atoms with van der Waals surface area (Å²) in [5.41, 5.74) is 0.394. The van der Waals surface area contributed by atoms with Crippen LogP contribution in [0.3, 0.4) is 0 Å². The molecule has 2 unspecified atom stereocenters. The minimum Gasteiger partial charge on any atom is -0.377 e. The standard InChI is InChI=1S/C19H41NO3Si/c1-6-8-9-10-11-12-16-20-17-13-15-18(20)19(14-7-2)24(21-3,22-4)23-5/h18-19H,6-17H2,1-5H3. The summed E-state index contributed by atoms with van der Waals surface area (Å²) in [6, 6.07) is 0.562. The number of unbranched alkanes of at least 4 members (excludes halogenated alkanes) is 5. The van der Waals surface area contributed by atoms with Crippen LogP contribution in [-0.4, -0.2) is 54.2 Å². The third-order valence-corrected chi connectivity index (χ3v) is 8.87. The quantitative estimate of drug-likeness (QED) is 0.327. The summed E-state index contributed by atoms with van der Waals surface area (Å²) in [5, 5.41) is 0. The molecular weight excluding hydrogens is 318 g/mol. The Labute approximate surface area is 151 Å². The van der Waals surface area contributed by atoms with Gasteiger partial charge in [0.1, 0.15) is 0 Å². The van der Waals surface area contributed by atoms with Gasteiger partial charge < -0.3 is 18.2 Å². The first-order valence-corrected chi connectivity index (χ1v) is 11.9. The van der Waals surface area contributed by atoms with Crippen molar-refractivity contribution in [2.24, 2.45) is 0 Å². The molecule has 1 rings (SSSR count). The van der Waals surface area contributed by atoms with Crippen LogP contribution in [0.5, 0.6) is 0 Å². The summed E-state index contributed by atoms with van der Waals surface area (Å²) < 4.78 is 17.5. The number of rotatable bonds is 14. The molecule has 0 amide bonds. The Morgan fingerprint density at radius 1 is 0.917 bits per heavy atom. The smallest absolute Gasteiger partial charge is 0.377 e. The van der Waals surface area contributed by atoms with Crippen LogP contribution in [0.1, 0.15) is 78.1 Å². The third-order valence-electron chi connectivity index (χ3n) is 5.58. The van der Waals surface area contributed by atoms with Crippen molar-refractivity contribution in [2.45, 2.75) is 89.6 Å². The van der Waals surface area contributed by atoms with E-state index in [4.69, 9.17) is 13.3 Å². The van der Waals surface area contributed by atoms with Crippen molar-refractivity contribution in [3.8, 4) is 0 Å². The largest absolute Gasteiger partial charge is 0.505 e. The fourth-order valence-electron chi connectivity index (χ4n) is 4.30. The highest BCUT2D eigenvalue weighted by Crippen LogP contribution is 2.39. The molecule has 1 saturated heterocycles. The first-order valence-electron chi connectivity index (χ1n) is 10.1. The zero-order chi connectivity index (χ0) is 17.8.